The fourth-order valence-electron chi connectivity index (χ4n) is 2.13. The van der Waals surface area contributed by atoms with Gasteiger partial charge in [0.15, 0.2) is 5.65 Å². The average Bonchev–Trinajstić information content (AvgIpc) is 2.90. The zero-order valence-electron chi connectivity index (χ0n) is 11.2. The van der Waals surface area contributed by atoms with Gasteiger partial charge in [-0.15, -0.1) is 0 Å². The Morgan fingerprint density at radius 3 is 2.59 bits per heavy atom. The van der Waals surface area contributed by atoms with Crippen molar-refractivity contribution in [2.45, 2.75) is 6.18 Å². The minimum atomic E-state index is -4.59. The summed E-state index contributed by atoms with van der Waals surface area (Å²) in [6, 6.07) is 7.67. The lowest BCUT2D eigenvalue weighted by molar-refractivity contribution is -0.141. The third-order valence-corrected chi connectivity index (χ3v) is 3.39. The average molecular weight is 328 g/mol. The van der Waals surface area contributed by atoms with E-state index in [4.69, 9.17) is 16.3 Å². The standard InChI is InChI=1S/C14H9ClF3N3O/c1-22-10-5-3-2-4-8(10)9-7-19-21-12(15)6-11(14(16,17)18)20-13(9)21/h2-7H,1H3. The van der Waals surface area contributed by atoms with E-state index in [2.05, 4.69) is 10.1 Å². The fraction of sp³-hybridized carbons (Fsp3) is 0.143. The Morgan fingerprint density at radius 2 is 1.91 bits per heavy atom. The van der Waals surface area contributed by atoms with Crippen LogP contribution in [0, 0.1) is 0 Å². The molecule has 0 unspecified atom stereocenters. The third kappa shape index (κ3) is 2.37. The number of para-hydroxylation sites is 1. The van der Waals surface area contributed by atoms with Crippen molar-refractivity contribution in [3.05, 3.63) is 47.4 Å². The number of aromatic nitrogens is 3. The summed E-state index contributed by atoms with van der Waals surface area (Å²) in [4.78, 5) is 3.65. The van der Waals surface area contributed by atoms with Gasteiger partial charge in [-0.1, -0.05) is 29.8 Å². The first-order chi connectivity index (χ1) is 10.4. The summed E-state index contributed by atoms with van der Waals surface area (Å²) in [5, 5.41) is 3.82. The normalized spacial score (nSPS) is 11.9. The lowest BCUT2D eigenvalue weighted by atomic mass is 10.1. The number of fused-ring (bicyclic) bond motifs is 1. The number of nitrogens with zero attached hydrogens (tertiary/aromatic N) is 3. The first-order valence-corrected chi connectivity index (χ1v) is 6.54. The summed E-state index contributed by atoms with van der Waals surface area (Å²) < 4.78 is 45.1. The molecule has 0 N–H and O–H groups in total. The Balaban J connectivity index is 2.30. The molecule has 0 aliphatic carbocycles. The number of rotatable bonds is 2. The maximum atomic E-state index is 12.9. The molecule has 0 fully saturated rings. The molecule has 114 valence electrons. The van der Waals surface area contributed by atoms with Gasteiger partial charge in [-0.2, -0.15) is 18.3 Å². The van der Waals surface area contributed by atoms with Gasteiger partial charge in [0.2, 0.25) is 0 Å². The molecule has 0 aliphatic heterocycles. The number of halogens is 4. The summed E-state index contributed by atoms with van der Waals surface area (Å²) in [7, 11) is 1.48. The van der Waals surface area contributed by atoms with Gasteiger partial charge in [0, 0.05) is 11.6 Å². The van der Waals surface area contributed by atoms with E-state index in [1.165, 1.54) is 13.3 Å². The van der Waals surface area contributed by atoms with Crippen LogP contribution < -0.4 is 4.74 Å². The van der Waals surface area contributed by atoms with Crippen LogP contribution in [0.2, 0.25) is 5.15 Å². The molecule has 4 nitrogen and oxygen atoms in total. The number of alkyl halides is 3. The number of benzene rings is 1. The Kier molecular flexibility index (Phi) is 3.44. The molecule has 3 aromatic rings. The van der Waals surface area contributed by atoms with Crippen LogP contribution in [-0.2, 0) is 6.18 Å². The molecule has 0 radical (unpaired) electrons. The topological polar surface area (TPSA) is 39.4 Å². The summed E-state index contributed by atoms with van der Waals surface area (Å²) in [6.45, 7) is 0. The fourth-order valence-corrected chi connectivity index (χ4v) is 2.36. The second-order valence-corrected chi connectivity index (χ2v) is 4.84. The third-order valence-electron chi connectivity index (χ3n) is 3.12. The molecule has 22 heavy (non-hydrogen) atoms. The van der Waals surface area contributed by atoms with Gasteiger partial charge in [0.1, 0.15) is 16.6 Å². The summed E-state index contributed by atoms with van der Waals surface area (Å²) >= 11 is 5.87. The number of methoxy groups -OCH3 is 1. The Labute approximate surface area is 128 Å². The van der Waals surface area contributed by atoms with Crippen molar-refractivity contribution in [2.24, 2.45) is 0 Å². The van der Waals surface area contributed by atoms with E-state index in [-0.39, 0.29) is 10.8 Å². The van der Waals surface area contributed by atoms with Crippen LogP contribution in [0.5, 0.6) is 5.75 Å². The molecule has 0 amide bonds. The second-order valence-electron chi connectivity index (χ2n) is 4.46. The van der Waals surface area contributed by atoms with Crippen molar-refractivity contribution in [2.75, 3.05) is 7.11 Å². The predicted octanol–water partition coefficient (Wildman–Crippen LogP) is 4.08. The molecule has 3 rings (SSSR count). The SMILES string of the molecule is COc1ccccc1-c1cnn2c(Cl)cc(C(F)(F)F)nc12. The van der Waals surface area contributed by atoms with Gasteiger partial charge in [-0.05, 0) is 6.07 Å². The second kappa shape index (κ2) is 5.17. The monoisotopic (exact) mass is 327 g/mol. The van der Waals surface area contributed by atoms with Crippen LogP contribution in [0.25, 0.3) is 16.8 Å². The maximum Gasteiger partial charge on any atom is 0.433 e. The molecule has 0 bridgehead atoms. The lowest BCUT2D eigenvalue weighted by Gasteiger charge is -2.09. The highest BCUT2D eigenvalue weighted by atomic mass is 35.5. The van der Waals surface area contributed by atoms with E-state index >= 15 is 0 Å². The maximum absolute atomic E-state index is 12.9. The smallest absolute Gasteiger partial charge is 0.433 e. The minimum absolute atomic E-state index is 0.0179. The highest BCUT2D eigenvalue weighted by Crippen LogP contribution is 2.35. The van der Waals surface area contributed by atoms with Gasteiger partial charge in [-0.25, -0.2) is 9.50 Å². The summed E-state index contributed by atoms with van der Waals surface area (Å²) in [6.07, 6.45) is -3.18. The first-order valence-electron chi connectivity index (χ1n) is 6.16. The van der Waals surface area contributed by atoms with Gasteiger partial charge in [0.05, 0.1) is 18.9 Å². The van der Waals surface area contributed by atoms with E-state index in [1.54, 1.807) is 24.3 Å². The van der Waals surface area contributed by atoms with E-state index in [0.717, 1.165) is 10.6 Å². The zero-order chi connectivity index (χ0) is 15.9. The summed E-state index contributed by atoms with van der Waals surface area (Å²) in [5.41, 5.74) is -0.0562. The highest BCUT2D eigenvalue weighted by molar-refractivity contribution is 6.29. The zero-order valence-corrected chi connectivity index (χ0v) is 12.0. The minimum Gasteiger partial charge on any atom is -0.496 e. The van der Waals surface area contributed by atoms with Crippen molar-refractivity contribution in [1.82, 2.24) is 14.6 Å². The molecule has 0 spiro atoms. The van der Waals surface area contributed by atoms with E-state index in [1.807, 2.05) is 0 Å². The lowest BCUT2D eigenvalue weighted by Crippen LogP contribution is -2.10. The van der Waals surface area contributed by atoms with Crippen molar-refractivity contribution in [3.8, 4) is 16.9 Å². The van der Waals surface area contributed by atoms with Crippen LogP contribution in [0.3, 0.4) is 0 Å². The molecular formula is C14H9ClF3N3O. The largest absolute Gasteiger partial charge is 0.496 e. The van der Waals surface area contributed by atoms with Gasteiger partial charge < -0.3 is 4.74 Å². The van der Waals surface area contributed by atoms with Crippen LogP contribution >= 0.6 is 11.6 Å². The van der Waals surface area contributed by atoms with Gasteiger partial charge in [0.25, 0.3) is 0 Å². The van der Waals surface area contributed by atoms with Gasteiger partial charge in [-0.3, -0.25) is 0 Å². The van der Waals surface area contributed by atoms with Crippen molar-refractivity contribution >= 4 is 17.2 Å². The molecule has 8 heteroatoms. The molecule has 0 aliphatic rings. The van der Waals surface area contributed by atoms with Crippen molar-refractivity contribution < 1.29 is 17.9 Å². The predicted molar refractivity (Wildman–Crippen MR) is 75.0 cm³/mol. The molecule has 0 saturated heterocycles. The Hall–Kier alpha value is -2.28. The first kappa shape index (κ1) is 14.6. The number of hydrogen-bond acceptors (Lipinski definition) is 3. The van der Waals surface area contributed by atoms with Crippen LogP contribution in [0.1, 0.15) is 5.69 Å². The van der Waals surface area contributed by atoms with Crippen molar-refractivity contribution in [1.29, 1.82) is 0 Å². The van der Waals surface area contributed by atoms with Crippen molar-refractivity contribution in [3.63, 3.8) is 0 Å². The van der Waals surface area contributed by atoms with E-state index < -0.39 is 11.9 Å². The Morgan fingerprint density at radius 1 is 1.18 bits per heavy atom. The van der Waals surface area contributed by atoms with Gasteiger partial charge >= 0.3 is 6.18 Å². The molecule has 2 aromatic heterocycles. The molecule has 0 saturated carbocycles. The highest BCUT2D eigenvalue weighted by Gasteiger charge is 2.34. The van der Waals surface area contributed by atoms with E-state index in [9.17, 15) is 13.2 Å². The Bertz CT molecular complexity index is 845. The van der Waals surface area contributed by atoms with E-state index in [0.29, 0.717) is 16.9 Å². The quantitative estimate of drug-likeness (QED) is 0.666. The molecule has 2 heterocycles. The number of hydrogen-bond donors (Lipinski definition) is 0. The van der Waals surface area contributed by atoms with Crippen LogP contribution in [0.15, 0.2) is 36.5 Å². The number of ether oxygens (including phenoxy) is 1. The van der Waals surface area contributed by atoms with Crippen LogP contribution in [-0.4, -0.2) is 21.7 Å². The molecular weight excluding hydrogens is 319 g/mol. The summed E-state index contributed by atoms with van der Waals surface area (Å²) in [5.74, 6) is 0.507. The van der Waals surface area contributed by atoms with Crippen LogP contribution in [0.4, 0.5) is 13.2 Å². The molecule has 0 atom stereocenters. The molecule has 1 aromatic carbocycles.